The molecule has 0 amide bonds. The third kappa shape index (κ3) is 2.89. The van der Waals surface area contributed by atoms with Crippen molar-refractivity contribution in [3.8, 4) is 0 Å². The maximum Gasteiger partial charge on any atom is 0.341 e. The van der Waals surface area contributed by atoms with Gasteiger partial charge in [0, 0.05) is 31.2 Å². The van der Waals surface area contributed by atoms with Crippen LogP contribution in [0, 0.1) is 11.7 Å². The van der Waals surface area contributed by atoms with Crippen LogP contribution in [-0.2, 0) is 4.84 Å². The van der Waals surface area contributed by atoms with Crippen molar-refractivity contribution >= 4 is 28.7 Å². The van der Waals surface area contributed by atoms with Crippen molar-refractivity contribution in [2.24, 2.45) is 16.8 Å². The average molecular weight is 389 g/mol. The molecule has 28 heavy (non-hydrogen) atoms. The summed E-state index contributed by atoms with van der Waals surface area (Å²) in [6, 6.07) is 1.11. The Morgan fingerprint density at radius 1 is 1.46 bits per heavy atom. The molecule has 1 aliphatic heterocycles. The van der Waals surface area contributed by atoms with Gasteiger partial charge in [0.25, 0.3) is 0 Å². The van der Waals surface area contributed by atoms with Gasteiger partial charge in [-0.3, -0.25) is 4.79 Å². The van der Waals surface area contributed by atoms with Gasteiger partial charge >= 0.3 is 5.97 Å². The van der Waals surface area contributed by atoms with Crippen LogP contribution in [0.4, 0.5) is 10.2 Å². The Kier molecular flexibility index (Phi) is 4.50. The van der Waals surface area contributed by atoms with E-state index in [1.165, 1.54) is 13.3 Å². The second-order valence-corrected chi connectivity index (χ2v) is 6.99. The number of rotatable bonds is 5. The van der Waals surface area contributed by atoms with E-state index in [0.29, 0.717) is 25.3 Å². The Hall–Kier alpha value is -3.01. The lowest BCUT2D eigenvalue weighted by molar-refractivity contribution is 0.0695. The van der Waals surface area contributed by atoms with Gasteiger partial charge in [-0.15, -0.1) is 0 Å². The molecule has 0 bridgehead atoms. The molecule has 2 aliphatic rings. The summed E-state index contributed by atoms with van der Waals surface area (Å²) in [5.74, 6) is -1.65. The average Bonchev–Trinajstić information content (AvgIpc) is 3.43. The van der Waals surface area contributed by atoms with Crippen molar-refractivity contribution in [1.82, 2.24) is 9.55 Å². The third-order valence-electron chi connectivity index (χ3n) is 5.18. The number of carboxylic acid groups (broad SMARTS) is 1. The van der Waals surface area contributed by atoms with Gasteiger partial charge in [-0.05, 0) is 25.3 Å². The normalized spacial score (nSPS) is 20.9. The number of oxime groups is 1. The van der Waals surface area contributed by atoms with E-state index in [9.17, 15) is 19.1 Å². The lowest BCUT2D eigenvalue weighted by atomic mass is 10.1. The minimum Gasteiger partial charge on any atom is -0.477 e. The summed E-state index contributed by atoms with van der Waals surface area (Å²) >= 11 is 0. The molecule has 3 heterocycles. The zero-order chi connectivity index (χ0) is 20.0. The highest BCUT2D eigenvalue weighted by atomic mass is 19.1. The van der Waals surface area contributed by atoms with Gasteiger partial charge < -0.3 is 25.1 Å². The topological polar surface area (TPSA) is 123 Å². The smallest absolute Gasteiger partial charge is 0.341 e. The standard InChI is InChI=1S/C18H20FN5O4/c1-28-22-15-9(7-20)4-5-23(15)17-13(19)6-11-14(25)12(18(26)27)8-24(10-2-3-10)16(11)21-17/h6,8-10H,2-5,7,20H2,1H3,(H,26,27). The third-order valence-corrected chi connectivity index (χ3v) is 5.18. The number of amidine groups is 1. The zero-order valence-corrected chi connectivity index (χ0v) is 15.3. The minimum atomic E-state index is -1.34. The van der Waals surface area contributed by atoms with E-state index in [1.807, 2.05) is 0 Å². The van der Waals surface area contributed by atoms with Crippen LogP contribution in [0.3, 0.4) is 0 Å². The first-order chi connectivity index (χ1) is 13.5. The van der Waals surface area contributed by atoms with Gasteiger partial charge in [0.05, 0.1) is 5.39 Å². The number of halogens is 1. The molecule has 2 aromatic heterocycles. The Bertz CT molecular complexity index is 1050. The minimum absolute atomic E-state index is 0.0242. The summed E-state index contributed by atoms with van der Waals surface area (Å²) in [6.07, 6.45) is 3.67. The molecule has 1 saturated carbocycles. The molecule has 1 saturated heterocycles. The first-order valence-corrected chi connectivity index (χ1v) is 9.03. The van der Waals surface area contributed by atoms with E-state index < -0.39 is 17.2 Å². The van der Waals surface area contributed by atoms with Crippen LogP contribution in [0.5, 0.6) is 0 Å². The van der Waals surface area contributed by atoms with Gasteiger partial charge in [0.1, 0.15) is 18.3 Å². The van der Waals surface area contributed by atoms with Crippen molar-refractivity contribution < 1.29 is 19.1 Å². The molecule has 4 rings (SSSR count). The number of hydrogen-bond acceptors (Lipinski definition) is 6. The van der Waals surface area contributed by atoms with E-state index in [-0.39, 0.29) is 34.4 Å². The molecule has 0 radical (unpaired) electrons. The lowest BCUT2D eigenvalue weighted by Gasteiger charge is -2.21. The lowest BCUT2D eigenvalue weighted by Crippen LogP contribution is -2.32. The number of fused-ring (bicyclic) bond motifs is 1. The molecule has 9 nitrogen and oxygen atoms in total. The summed E-state index contributed by atoms with van der Waals surface area (Å²) in [4.78, 5) is 34.9. The van der Waals surface area contributed by atoms with Crippen molar-refractivity contribution in [2.75, 3.05) is 25.1 Å². The first kappa shape index (κ1) is 18.4. The quantitative estimate of drug-likeness (QED) is 0.739. The molecule has 10 heteroatoms. The highest BCUT2D eigenvalue weighted by molar-refractivity contribution is 6.01. The summed E-state index contributed by atoms with van der Waals surface area (Å²) in [7, 11) is 1.40. The van der Waals surface area contributed by atoms with Gasteiger partial charge in [-0.25, -0.2) is 14.2 Å². The predicted molar refractivity (Wildman–Crippen MR) is 100 cm³/mol. The van der Waals surface area contributed by atoms with Gasteiger partial charge in [0.2, 0.25) is 5.43 Å². The molecule has 1 atom stereocenters. The molecule has 1 aliphatic carbocycles. The van der Waals surface area contributed by atoms with Crippen molar-refractivity contribution in [3.05, 3.63) is 33.9 Å². The molecule has 2 aromatic rings. The number of anilines is 1. The Morgan fingerprint density at radius 3 is 2.82 bits per heavy atom. The summed E-state index contributed by atoms with van der Waals surface area (Å²) < 4.78 is 16.6. The van der Waals surface area contributed by atoms with E-state index >= 15 is 0 Å². The van der Waals surface area contributed by atoms with E-state index in [4.69, 9.17) is 10.6 Å². The number of carboxylic acids is 1. The van der Waals surface area contributed by atoms with Gasteiger partial charge in [-0.1, -0.05) is 5.16 Å². The van der Waals surface area contributed by atoms with Gasteiger partial charge in [-0.2, -0.15) is 0 Å². The maximum absolute atomic E-state index is 15.0. The number of nitrogens with zero attached hydrogens (tertiary/aromatic N) is 4. The van der Waals surface area contributed by atoms with E-state index in [2.05, 4.69) is 10.1 Å². The molecule has 1 unspecified atom stereocenters. The second kappa shape index (κ2) is 6.86. The number of pyridine rings is 2. The van der Waals surface area contributed by atoms with Crippen LogP contribution in [-0.4, -0.2) is 46.7 Å². The van der Waals surface area contributed by atoms with Crippen LogP contribution >= 0.6 is 0 Å². The number of aromatic carboxylic acids is 1. The summed E-state index contributed by atoms with van der Waals surface area (Å²) in [5, 5.41) is 13.3. The first-order valence-electron chi connectivity index (χ1n) is 9.03. The van der Waals surface area contributed by atoms with Crippen molar-refractivity contribution in [1.29, 1.82) is 0 Å². The van der Waals surface area contributed by atoms with Crippen LogP contribution in [0.2, 0.25) is 0 Å². The van der Waals surface area contributed by atoms with Crippen molar-refractivity contribution in [3.63, 3.8) is 0 Å². The molecule has 0 spiro atoms. The molecule has 3 N–H and O–H groups in total. The maximum atomic E-state index is 15.0. The largest absolute Gasteiger partial charge is 0.477 e. The van der Waals surface area contributed by atoms with Crippen LogP contribution in [0.1, 0.15) is 35.7 Å². The van der Waals surface area contributed by atoms with E-state index in [1.54, 1.807) is 9.47 Å². The summed E-state index contributed by atoms with van der Waals surface area (Å²) in [5.41, 5.74) is 4.91. The Labute approximate surface area is 159 Å². The molecule has 2 fully saturated rings. The Morgan fingerprint density at radius 2 is 2.21 bits per heavy atom. The SMILES string of the molecule is CON=C1C(CN)CCN1c1nc2c(cc1F)c(=O)c(C(=O)O)cn2C1CC1. The molecular weight excluding hydrogens is 369 g/mol. The molecule has 0 aromatic carbocycles. The fraction of sp³-hybridized carbons (Fsp3) is 0.444. The number of carbonyl (C=O) groups is 1. The van der Waals surface area contributed by atoms with Crippen LogP contribution in [0.25, 0.3) is 11.0 Å². The highest BCUT2D eigenvalue weighted by Crippen LogP contribution is 2.37. The summed E-state index contributed by atoms with van der Waals surface area (Å²) in [6.45, 7) is 0.795. The highest BCUT2D eigenvalue weighted by Gasteiger charge is 2.34. The predicted octanol–water partition coefficient (Wildman–Crippen LogP) is 1.31. The molecule has 148 valence electrons. The van der Waals surface area contributed by atoms with Crippen molar-refractivity contribution in [2.45, 2.75) is 25.3 Å². The number of nitrogens with two attached hydrogens (primary N) is 1. The number of hydrogen-bond donors (Lipinski definition) is 2. The Balaban J connectivity index is 1.92. The number of aromatic nitrogens is 2. The second-order valence-electron chi connectivity index (χ2n) is 6.99. The van der Waals surface area contributed by atoms with Gasteiger partial charge in [0.15, 0.2) is 17.5 Å². The fourth-order valence-corrected chi connectivity index (χ4v) is 3.61. The van der Waals surface area contributed by atoms with Crippen LogP contribution in [0.15, 0.2) is 22.2 Å². The fourth-order valence-electron chi connectivity index (χ4n) is 3.61. The zero-order valence-electron chi connectivity index (χ0n) is 15.3. The molecular formula is C18H20FN5O4. The van der Waals surface area contributed by atoms with E-state index in [0.717, 1.165) is 18.9 Å². The monoisotopic (exact) mass is 389 g/mol. The van der Waals surface area contributed by atoms with Crippen LogP contribution < -0.4 is 16.1 Å².